The molecule has 0 radical (unpaired) electrons. The fraction of sp³-hybridized carbons (Fsp3) is 0.471. The first kappa shape index (κ1) is 15.4. The fourth-order valence-electron chi connectivity index (χ4n) is 2.71. The smallest absolute Gasteiger partial charge is 0.131 e. The van der Waals surface area contributed by atoms with Gasteiger partial charge in [0.1, 0.15) is 23.1 Å². The van der Waals surface area contributed by atoms with Gasteiger partial charge in [0.2, 0.25) is 0 Å². The van der Waals surface area contributed by atoms with Gasteiger partial charge in [-0.15, -0.1) is 0 Å². The third-order valence-electron chi connectivity index (χ3n) is 3.68. The number of ether oxygens (including phenoxy) is 1. The van der Waals surface area contributed by atoms with Crippen LogP contribution in [0.4, 0.5) is 5.82 Å². The van der Waals surface area contributed by atoms with E-state index in [-0.39, 0.29) is 0 Å². The molecule has 0 aliphatic heterocycles. The van der Waals surface area contributed by atoms with Crippen LogP contribution in [-0.4, -0.2) is 16.7 Å². The van der Waals surface area contributed by atoms with Crippen LogP contribution in [0.5, 0.6) is 5.75 Å². The lowest BCUT2D eigenvalue weighted by atomic mass is 10.1. The second-order valence-electron chi connectivity index (χ2n) is 5.66. The molecule has 0 bridgehead atoms. The Morgan fingerprint density at radius 2 is 2.05 bits per heavy atom. The number of nitrogen functional groups attached to an aromatic ring is 1. The van der Waals surface area contributed by atoms with Crippen molar-refractivity contribution in [3.8, 4) is 17.0 Å². The van der Waals surface area contributed by atoms with Crippen LogP contribution < -0.4 is 10.5 Å². The largest absolute Gasteiger partial charge is 0.496 e. The summed E-state index contributed by atoms with van der Waals surface area (Å²) in [5.41, 5.74) is 9.36. The summed E-state index contributed by atoms with van der Waals surface area (Å²) in [6, 6.07) is 6.38. The van der Waals surface area contributed by atoms with Crippen LogP contribution >= 0.6 is 0 Å². The molecule has 114 valence electrons. The average molecular weight is 287 g/mol. The first-order valence-corrected chi connectivity index (χ1v) is 7.51. The summed E-state index contributed by atoms with van der Waals surface area (Å²) in [5, 5.41) is 0. The molecule has 0 aliphatic rings. The van der Waals surface area contributed by atoms with Gasteiger partial charge in [-0.2, -0.15) is 0 Å². The Bertz CT molecular complexity index is 629. The molecule has 1 aromatic heterocycles. The first-order chi connectivity index (χ1) is 9.99. The van der Waals surface area contributed by atoms with Gasteiger partial charge in [0.05, 0.1) is 7.11 Å². The molecule has 0 fully saturated rings. The summed E-state index contributed by atoms with van der Waals surface area (Å²) in [6.45, 7) is 8.47. The van der Waals surface area contributed by atoms with Crippen molar-refractivity contribution in [3.05, 3.63) is 29.6 Å². The predicted molar refractivity (Wildman–Crippen MR) is 87.7 cm³/mol. The predicted octanol–water partition coefficient (Wildman–Crippen LogP) is 3.98. The van der Waals surface area contributed by atoms with E-state index in [1.54, 1.807) is 7.11 Å². The Hall–Kier alpha value is -1.97. The molecular weight excluding hydrogens is 262 g/mol. The van der Waals surface area contributed by atoms with Gasteiger partial charge in [-0.3, -0.25) is 0 Å². The maximum absolute atomic E-state index is 6.36. The molecule has 0 atom stereocenters. The highest BCUT2D eigenvalue weighted by atomic mass is 16.5. The van der Waals surface area contributed by atoms with Crippen molar-refractivity contribution in [3.63, 3.8) is 0 Å². The first-order valence-electron chi connectivity index (χ1n) is 7.51. The third kappa shape index (κ3) is 2.89. The number of anilines is 1. The number of aromatic nitrogens is 2. The maximum atomic E-state index is 6.36. The monoisotopic (exact) mass is 287 g/mol. The lowest BCUT2D eigenvalue weighted by molar-refractivity contribution is 0.412. The molecule has 2 rings (SSSR count). The van der Waals surface area contributed by atoms with Gasteiger partial charge in [0.15, 0.2) is 0 Å². The van der Waals surface area contributed by atoms with Gasteiger partial charge in [-0.05, 0) is 51.0 Å². The van der Waals surface area contributed by atoms with E-state index in [4.69, 9.17) is 15.5 Å². The molecule has 0 amide bonds. The normalized spacial score (nSPS) is 11.1. The summed E-state index contributed by atoms with van der Waals surface area (Å²) in [4.78, 5) is 4.78. The number of imidazole rings is 1. The van der Waals surface area contributed by atoms with E-state index < -0.39 is 0 Å². The molecule has 2 N–H and O–H groups in total. The molecule has 21 heavy (non-hydrogen) atoms. The third-order valence-corrected chi connectivity index (χ3v) is 3.68. The molecule has 4 heteroatoms. The van der Waals surface area contributed by atoms with E-state index in [2.05, 4.69) is 31.4 Å². The fourth-order valence-corrected chi connectivity index (χ4v) is 2.71. The second kappa shape index (κ2) is 6.20. The zero-order valence-corrected chi connectivity index (χ0v) is 13.6. The lowest BCUT2D eigenvalue weighted by Gasteiger charge is -2.13. The highest BCUT2D eigenvalue weighted by Gasteiger charge is 2.18. The maximum Gasteiger partial charge on any atom is 0.131 e. The SMILES string of the molecule is CCCc1nc(-c2ccc(OC)c(C)c2)c(N)n1C(C)C. The Kier molecular flexibility index (Phi) is 4.56. The number of nitrogens with two attached hydrogens (primary N) is 1. The molecule has 4 nitrogen and oxygen atoms in total. The van der Waals surface area contributed by atoms with Crippen molar-refractivity contribution in [2.75, 3.05) is 12.8 Å². The van der Waals surface area contributed by atoms with Crippen molar-refractivity contribution >= 4 is 5.82 Å². The molecule has 2 aromatic rings. The van der Waals surface area contributed by atoms with Gasteiger partial charge >= 0.3 is 0 Å². The number of hydrogen-bond donors (Lipinski definition) is 1. The molecule has 1 aromatic carbocycles. The van der Waals surface area contributed by atoms with Crippen molar-refractivity contribution in [2.45, 2.75) is 46.6 Å². The van der Waals surface area contributed by atoms with Gasteiger partial charge in [0, 0.05) is 18.0 Å². The molecule has 1 heterocycles. The molecule has 0 saturated heterocycles. The van der Waals surface area contributed by atoms with Crippen LogP contribution in [0.25, 0.3) is 11.3 Å². The molecular formula is C17H25N3O. The second-order valence-corrected chi connectivity index (χ2v) is 5.66. The van der Waals surface area contributed by atoms with E-state index in [1.807, 2.05) is 19.1 Å². The lowest BCUT2D eigenvalue weighted by Crippen LogP contribution is -2.09. The Balaban J connectivity index is 2.53. The van der Waals surface area contributed by atoms with Crippen LogP contribution in [0.1, 0.15) is 44.6 Å². The summed E-state index contributed by atoms with van der Waals surface area (Å²) in [6.07, 6.45) is 2.00. The number of rotatable bonds is 5. The van der Waals surface area contributed by atoms with Crippen LogP contribution in [-0.2, 0) is 6.42 Å². The zero-order valence-electron chi connectivity index (χ0n) is 13.6. The molecule has 0 unspecified atom stereocenters. The number of benzene rings is 1. The average Bonchev–Trinajstić information content (AvgIpc) is 2.76. The van der Waals surface area contributed by atoms with Crippen molar-refractivity contribution in [1.29, 1.82) is 0 Å². The van der Waals surface area contributed by atoms with Gasteiger partial charge < -0.3 is 15.0 Å². The van der Waals surface area contributed by atoms with Crippen molar-refractivity contribution < 1.29 is 4.74 Å². The molecule has 0 saturated carbocycles. The molecule has 0 aliphatic carbocycles. The standard InChI is InChI=1S/C17H25N3O/c1-6-7-15-19-16(17(18)20(15)11(2)3)13-8-9-14(21-5)12(4)10-13/h8-11H,6-7,18H2,1-5H3. The van der Waals surface area contributed by atoms with E-state index in [9.17, 15) is 0 Å². The summed E-state index contributed by atoms with van der Waals surface area (Å²) >= 11 is 0. The van der Waals surface area contributed by atoms with Gasteiger partial charge in [-0.25, -0.2) is 4.98 Å². The molecule has 0 spiro atoms. The highest BCUT2D eigenvalue weighted by Crippen LogP contribution is 2.32. The van der Waals surface area contributed by atoms with Crippen LogP contribution in [0.3, 0.4) is 0 Å². The Morgan fingerprint density at radius 1 is 1.33 bits per heavy atom. The van der Waals surface area contributed by atoms with Gasteiger partial charge in [0.25, 0.3) is 0 Å². The number of hydrogen-bond acceptors (Lipinski definition) is 3. The van der Waals surface area contributed by atoms with Gasteiger partial charge in [-0.1, -0.05) is 6.92 Å². The Morgan fingerprint density at radius 3 is 2.57 bits per heavy atom. The summed E-state index contributed by atoms with van der Waals surface area (Å²) in [5.74, 6) is 2.70. The van der Waals surface area contributed by atoms with Crippen LogP contribution in [0.2, 0.25) is 0 Å². The van der Waals surface area contributed by atoms with Crippen LogP contribution in [0, 0.1) is 6.92 Å². The summed E-state index contributed by atoms with van der Waals surface area (Å²) < 4.78 is 7.45. The van der Waals surface area contributed by atoms with Crippen molar-refractivity contribution in [1.82, 2.24) is 9.55 Å². The van der Waals surface area contributed by atoms with Crippen molar-refractivity contribution in [2.24, 2.45) is 0 Å². The minimum atomic E-state index is 0.312. The minimum Gasteiger partial charge on any atom is -0.496 e. The van der Waals surface area contributed by atoms with E-state index in [0.29, 0.717) is 6.04 Å². The van der Waals surface area contributed by atoms with E-state index in [0.717, 1.165) is 47.1 Å². The number of aryl methyl sites for hydroxylation is 2. The number of nitrogens with zero attached hydrogens (tertiary/aromatic N) is 2. The quantitative estimate of drug-likeness (QED) is 0.905. The number of methoxy groups -OCH3 is 1. The van der Waals surface area contributed by atoms with Crippen LogP contribution in [0.15, 0.2) is 18.2 Å². The highest BCUT2D eigenvalue weighted by molar-refractivity contribution is 5.72. The summed E-state index contributed by atoms with van der Waals surface area (Å²) in [7, 11) is 1.68. The van der Waals surface area contributed by atoms with E-state index >= 15 is 0 Å². The Labute approximate surface area is 127 Å². The zero-order chi connectivity index (χ0) is 15.6. The van der Waals surface area contributed by atoms with E-state index in [1.165, 1.54) is 0 Å². The minimum absolute atomic E-state index is 0.312. The topological polar surface area (TPSA) is 53.1 Å².